The first-order valence-corrected chi connectivity index (χ1v) is 8.38. The van der Waals surface area contributed by atoms with Gasteiger partial charge in [0.15, 0.2) is 0 Å². The fourth-order valence-electron chi connectivity index (χ4n) is 2.13. The van der Waals surface area contributed by atoms with Crippen molar-refractivity contribution in [2.75, 3.05) is 11.9 Å². The minimum absolute atomic E-state index is 0.0633. The number of anilines is 1. The van der Waals surface area contributed by atoms with Gasteiger partial charge in [-0.25, -0.2) is 4.79 Å². The molecule has 0 saturated heterocycles. The van der Waals surface area contributed by atoms with E-state index >= 15 is 0 Å². The van der Waals surface area contributed by atoms with Gasteiger partial charge in [0.25, 0.3) is 0 Å². The minimum Gasteiger partial charge on any atom is -0.457 e. The Morgan fingerprint density at radius 1 is 1.00 bits per heavy atom. The average molecular weight is 342 g/mol. The van der Waals surface area contributed by atoms with Crippen molar-refractivity contribution in [1.29, 1.82) is 0 Å². The molecular formula is C20H26N2O3. The molecule has 1 unspecified atom stereocenters. The number of alkyl carbamates (subject to hydrolysis) is 1. The minimum atomic E-state index is -0.491. The van der Waals surface area contributed by atoms with Crippen molar-refractivity contribution >= 4 is 11.8 Å². The van der Waals surface area contributed by atoms with Crippen molar-refractivity contribution in [3.8, 4) is 11.5 Å². The highest BCUT2D eigenvalue weighted by atomic mass is 16.6. The summed E-state index contributed by atoms with van der Waals surface area (Å²) in [7, 11) is 0. The summed E-state index contributed by atoms with van der Waals surface area (Å²) in [6.45, 7) is 7.98. The molecule has 2 aromatic rings. The molecule has 25 heavy (non-hydrogen) atoms. The molecule has 5 heteroatoms. The first-order valence-electron chi connectivity index (χ1n) is 8.38. The van der Waals surface area contributed by atoms with Gasteiger partial charge in [-0.05, 0) is 64.1 Å². The van der Waals surface area contributed by atoms with Crippen molar-refractivity contribution in [3.63, 3.8) is 0 Å². The number of amides is 1. The molecule has 0 saturated carbocycles. The maximum atomic E-state index is 11.7. The maximum Gasteiger partial charge on any atom is 0.407 e. The second kappa shape index (κ2) is 8.42. The lowest BCUT2D eigenvalue weighted by molar-refractivity contribution is 0.0526. The van der Waals surface area contributed by atoms with Crippen LogP contribution >= 0.6 is 0 Å². The zero-order chi connectivity index (χ0) is 18.3. The quantitative estimate of drug-likeness (QED) is 0.791. The van der Waals surface area contributed by atoms with Gasteiger partial charge in [-0.15, -0.1) is 0 Å². The molecule has 2 rings (SSSR count). The summed E-state index contributed by atoms with van der Waals surface area (Å²) in [4.78, 5) is 11.7. The fourth-order valence-corrected chi connectivity index (χ4v) is 2.13. The molecule has 1 atom stereocenters. The molecule has 0 bridgehead atoms. The van der Waals surface area contributed by atoms with E-state index in [1.54, 1.807) is 0 Å². The first-order chi connectivity index (χ1) is 11.8. The van der Waals surface area contributed by atoms with E-state index in [0.29, 0.717) is 6.54 Å². The van der Waals surface area contributed by atoms with Crippen LogP contribution in [0.25, 0.3) is 0 Å². The number of hydrogen-bond acceptors (Lipinski definition) is 4. The maximum absolute atomic E-state index is 11.7. The van der Waals surface area contributed by atoms with Gasteiger partial charge in [0.05, 0.1) is 0 Å². The van der Waals surface area contributed by atoms with Crippen molar-refractivity contribution in [1.82, 2.24) is 5.32 Å². The zero-order valence-electron chi connectivity index (χ0n) is 15.2. The Balaban J connectivity index is 1.79. The highest BCUT2D eigenvalue weighted by Gasteiger charge is 2.16. The Hall–Kier alpha value is -2.69. The van der Waals surface area contributed by atoms with Crippen LogP contribution in [0.4, 0.5) is 10.5 Å². The van der Waals surface area contributed by atoms with E-state index in [1.807, 2.05) is 82.3 Å². The van der Waals surface area contributed by atoms with Gasteiger partial charge >= 0.3 is 6.09 Å². The predicted octanol–water partition coefficient (Wildman–Crippen LogP) is 4.80. The summed E-state index contributed by atoms with van der Waals surface area (Å²) < 4.78 is 11.0. The lowest BCUT2D eigenvalue weighted by Crippen LogP contribution is -2.38. The normalized spacial score (nSPS) is 12.2. The molecule has 134 valence electrons. The average Bonchev–Trinajstić information content (AvgIpc) is 2.54. The van der Waals surface area contributed by atoms with E-state index in [4.69, 9.17) is 9.47 Å². The fraction of sp³-hybridized carbons (Fsp3) is 0.350. The molecule has 1 amide bonds. The standard InChI is InChI=1S/C20H26N2O3/c1-15(14-21-19(23)25-20(2,3)4)22-16-10-12-18(13-11-16)24-17-8-6-5-7-9-17/h5-13,15,22H,14H2,1-4H3,(H,21,23). The van der Waals surface area contributed by atoms with Crippen LogP contribution in [0.5, 0.6) is 11.5 Å². The van der Waals surface area contributed by atoms with Gasteiger partial charge < -0.3 is 20.1 Å². The van der Waals surface area contributed by atoms with Crippen LogP contribution in [0.3, 0.4) is 0 Å². The predicted molar refractivity (Wildman–Crippen MR) is 100 cm³/mol. The van der Waals surface area contributed by atoms with E-state index in [-0.39, 0.29) is 6.04 Å². The SMILES string of the molecule is CC(CNC(=O)OC(C)(C)C)Nc1ccc(Oc2ccccc2)cc1. The van der Waals surface area contributed by atoms with Crippen LogP contribution in [0.2, 0.25) is 0 Å². The molecule has 0 aliphatic carbocycles. The van der Waals surface area contributed by atoms with Crippen molar-refractivity contribution in [2.24, 2.45) is 0 Å². The van der Waals surface area contributed by atoms with Crippen LogP contribution in [-0.2, 0) is 4.74 Å². The van der Waals surface area contributed by atoms with Crippen LogP contribution in [0.1, 0.15) is 27.7 Å². The summed E-state index contributed by atoms with van der Waals surface area (Å²) >= 11 is 0. The zero-order valence-corrected chi connectivity index (χ0v) is 15.2. The highest BCUT2D eigenvalue weighted by Crippen LogP contribution is 2.22. The number of para-hydroxylation sites is 1. The van der Waals surface area contributed by atoms with Crippen molar-refractivity contribution in [2.45, 2.75) is 39.3 Å². The Kier molecular flexibility index (Phi) is 6.28. The molecule has 0 aliphatic rings. The van der Waals surface area contributed by atoms with Crippen LogP contribution in [0.15, 0.2) is 54.6 Å². The third-order valence-electron chi connectivity index (χ3n) is 3.20. The smallest absolute Gasteiger partial charge is 0.407 e. The monoisotopic (exact) mass is 342 g/mol. The summed E-state index contributed by atoms with van der Waals surface area (Å²) in [5, 5.41) is 6.08. The molecule has 0 heterocycles. The first kappa shape index (κ1) is 18.6. The number of benzene rings is 2. The van der Waals surface area contributed by atoms with Crippen LogP contribution in [-0.4, -0.2) is 24.3 Å². The number of carbonyl (C=O) groups is 1. The Bertz CT molecular complexity index is 664. The highest BCUT2D eigenvalue weighted by molar-refractivity contribution is 5.67. The molecule has 0 aromatic heterocycles. The number of ether oxygens (including phenoxy) is 2. The second-order valence-corrected chi connectivity index (χ2v) is 6.87. The van der Waals surface area contributed by atoms with Crippen molar-refractivity contribution < 1.29 is 14.3 Å². The van der Waals surface area contributed by atoms with Crippen molar-refractivity contribution in [3.05, 3.63) is 54.6 Å². The van der Waals surface area contributed by atoms with Gasteiger partial charge in [-0.1, -0.05) is 18.2 Å². The lowest BCUT2D eigenvalue weighted by Gasteiger charge is -2.21. The molecule has 0 fully saturated rings. The van der Waals surface area contributed by atoms with E-state index in [2.05, 4.69) is 10.6 Å². The van der Waals surface area contributed by atoms with Gasteiger partial charge in [0.1, 0.15) is 17.1 Å². The Labute approximate surface area is 149 Å². The molecule has 0 radical (unpaired) electrons. The number of carbonyl (C=O) groups excluding carboxylic acids is 1. The van der Waals surface area contributed by atoms with E-state index in [1.165, 1.54) is 0 Å². The van der Waals surface area contributed by atoms with Gasteiger partial charge in [0, 0.05) is 18.3 Å². The summed E-state index contributed by atoms with van der Waals surface area (Å²) in [6.07, 6.45) is -0.409. The molecule has 2 N–H and O–H groups in total. The van der Waals surface area contributed by atoms with Crippen LogP contribution < -0.4 is 15.4 Å². The molecule has 2 aromatic carbocycles. The molecule has 0 aliphatic heterocycles. The third kappa shape index (κ3) is 7.16. The van der Waals surface area contributed by atoms with Gasteiger partial charge in [-0.2, -0.15) is 0 Å². The van der Waals surface area contributed by atoms with Crippen LogP contribution in [0, 0.1) is 0 Å². The number of hydrogen-bond donors (Lipinski definition) is 2. The van der Waals surface area contributed by atoms with Gasteiger partial charge in [-0.3, -0.25) is 0 Å². The Morgan fingerprint density at radius 2 is 1.60 bits per heavy atom. The Morgan fingerprint density at radius 3 is 2.20 bits per heavy atom. The lowest BCUT2D eigenvalue weighted by atomic mass is 10.2. The topological polar surface area (TPSA) is 59.6 Å². The van der Waals surface area contributed by atoms with E-state index in [0.717, 1.165) is 17.2 Å². The summed E-state index contributed by atoms with van der Waals surface area (Å²) in [5.74, 6) is 1.58. The van der Waals surface area contributed by atoms with Gasteiger partial charge in [0.2, 0.25) is 0 Å². The number of nitrogens with one attached hydrogen (secondary N) is 2. The third-order valence-corrected chi connectivity index (χ3v) is 3.20. The largest absolute Gasteiger partial charge is 0.457 e. The summed E-state index contributed by atoms with van der Waals surface area (Å²) in [5.41, 5.74) is 0.467. The second-order valence-electron chi connectivity index (χ2n) is 6.87. The molecule has 5 nitrogen and oxygen atoms in total. The summed E-state index contributed by atoms with van der Waals surface area (Å²) in [6, 6.07) is 17.4. The van der Waals surface area contributed by atoms with E-state index in [9.17, 15) is 4.79 Å². The van der Waals surface area contributed by atoms with E-state index < -0.39 is 11.7 Å². The molecular weight excluding hydrogens is 316 g/mol. The molecule has 0 spiro atoms. The number of rotatable bonds is 6.